The number of ketones is 2. The van der Waals surface area contributed by atoms with Gasteiger partial charge in [-0.2, -0.15) is 0 Å². The number of ether oxygens (including phenoxy) is 6. The van der Waals surface area contributed by atoms with Gasteiger partial charge in [0.05, 0.1) is 29.4 Å². The van der Waals surface area contributed by atoms with Gasteiger partial charge in [0, 0.05) is 17.2 Å². The average molecular weight is 709 g/mol. The molecule has 1 aliphatic carbocycles. The number of carbonyl (C=O) groups excluding carboxylic acids is 2. The van der Waals surface area contributed by atoms with Gasteiger partial charge < -0.3 is 74.4 Å². The van der Waals surface area contributed by atoms with Crippen LogP contribution in [-0.2, 0) is 14.2 Å². The molecule has 9 N–H and O–H groups in total. The molecule has 6 rings (SSSR count). The quantitative estimate of drug-likeness (QED) is 0.127. The fourth-order valence-electron chi connectivity index (χ4n) is 6.41. The summed E-state index contributed by atoms with van der Waals surface area (Å²) in [4.78, 5) is 28.6. The van der Waals surface area contributed by atoms with Crippen LogP contribution in [-0.4, -0.2) is 150 Å². The molecule has 3 fully saturated rings. The monoisotopic (exact) mass is 708 g/mol. The van der Waals surface area contributed by atoms with Gasteiger partial charge in [-0.15, -0.1) is 0 Å². The lowest BCUT2D eigenvalue weighted by molar-refractivity contribution is -0.269. The van der Waals surface area contributed by atoms with E-state index < -0.39 is 109 Å². The summed E-state index contributed by atoms with van der Waals surface area (Å²) in [5.41, 5.74) is -0.601. The van der Waals surface area contributed by atoms with Crippen LogP contribution in [0.15, 0.2) is 24.3 Å². The fraction of sp³-hybridized carbons (Fsp3) is 0.576. The van der Waals surface area contributed by atoms with Gasteiger partial charge in [-0.3, -0.25) is 9.59 Å². The molecule has 3 aliphatic heterocycles. The summed E-state index contributed by atoms with van der Waals surface area (Å²) in [5, 5.41) is 93.3. The molecule has 3 saturated heterocycles. The van der Waals surface area contributed by atoms with Crippen LogP contribution in [0.3, 0.4) is 0 Å². The van der Waals surface area contributed by atoms with Crippen molar-refractivity contribution >= 4 is 11.6 Å². The molecule has 17 heteroatoms. The third kappa shape index (κ3) is 6.27. The highest BCUT2D eigenvalue weighted by molar-refractivity contribution is 6.30. The first-order valence-electron chi connectivity index (χ1n) is 16.0. The molecule has 4 aliphatic rings. The Morgan fingerprint density at radius 3 is 1.30 bits per heavy atom. The zero-order valence-electron chi connectivity index (χ0n) is 27.3. The second-order valence-electron chi connectivity index (χ2n) is 13.1. The second kappa shape index (κ2) is 13.7. The van der Waals surface area contributed by atoms with E-state index in [9.17, 15) is 55.5 Å². The summed E-state index contributed by atoms with van der Waals surface area (Å²) in [7, 11) is 0. The number of aliphatic hydroxyl groups is 9. The van der Waals surface area contributed by atoms with Gasteiger partial charge in [-0.1, -0.05) is 0 Å². The molecular weight excluding hydrogens is 668 g/mol. The van der Waals surface area contributed by atoms with Crippen LogP contribution >= 0.6 is 0 Å². The normalized spacial score (nSPS) is 40.1. The number of rotatable bonds is 6. The maximum absolute atomic E-state index is 14.4. The minimum absolute atomic E-state index is 0.137. The lowest BCUT2D eigenvalue weighted by atomic mass is 9.82. The van der Waals surface area contributed by atoms with Crippen LogP contribution in [0, 0.1) is 6.92 Å². The maximum atomic E-state index is 14.4. The molecule has 15 unspecified atom stereocenters. The zero-order valence-corrected chi connectivity index (χ0v) is 27.3. The first kappa shape index (κ1) is 36.5. The number of benzene rings is 2. The molecule has 274 valence electrons. The van der Waals surface area contributed by atoms with Crippen molar-refractivity contribution in [3.63, 3.8) is 0 Å². The van der Waals surface area contributed by atoms with E-state index in [0.717, 1.165) is 6.07 Å². The Labute approximate surface area is 284 Å². The molecule has 50 heavy (non-hydrogen) atoms. The third-order valence-corrected chi connectivity index (χ3v) is 9.43. The predicted molar refractivity (Wildman–Crippen MR) is 163 cm³/mol. The van der Waals surface area contributed by atoms with Crippen LogP contribution in [0.25, 0.3) is 0 Å². The number of carbonyl (C=O) groups is 2. The van der Waals surface area contributed by atoms with E-state index in [2.05, 4.69) is 0 Å². The number of aliphatic hydroxyl groups excluding tert-OH is 9. The smallest absolute Gasteiger partial charge is 0.229 e. The summed E-state index contributed by atoms with van der Waals surface area (Å²) in [6.45, 7) is 5.89. The van der Waals surface area contributed by atoms with Gasteiger partial charge in [-0.25, -0.2) is 0 Å². The van der Waals surface area contributed by atoms with Crippen molar-refractivity contribution in [3.8, 4) is 17.2 Å². The standard InChI is InChI=1S/C33H40O17/c1-9-5-14-18(16(6-9)49-32-29(43)26(40)21(35)11(3)46-32)24(38)19-15(23(14)37)7-13(48-31-28(42)25(39)20(34)10(2)45-31)8-17(19)50-33-30(44)27(41)22(36)12(4)47-33/h5-8,10-12,20-22,25-36,39-44H,1-4H3. The molecule has 0 radical (unpaired) electrons. The molecule has 2 aromatic carbocycles. The number of fused-ring (bicyclic) bond motifs is 2. The molecule has 0 saturated carbocycles. The third-order valence-electron chi connectivity index (χ3n) is 9.43. The first-order valence-corrected chi connectivity index (χ1v) is 16.0. The van der Waals surface area contributed by atoms with Gasteiger partial charge in [0.15, 0.2) is 5.78 Å². The average Bonchev–Trinajstić information content (AvgIpc) is 3.07. The van der Waals surface area contributed by atoms with Crippen molar-refractivity contribution in [1.82, 2.24) is 0 Å². The van der Waals surface area contributed by atoms with Crippen molar-refractivity contribution in [2.75, 3.05) is 0 Å². The van der Waals surface area contributed by atoms with Crippen LogP contribution in [0.2, 0.25) is 0 Å². The summed E-state index contributed by atoms with van der Waals surface area (Å²) >= 11 is 0. The molecule has 2 aromatic rings. The molecule has 0 aromatic heterocycles. The van der Waals surface area contributed by atoms with Crippen LogP contribution < -0.4 is 14.2 Å². The van der Waals surface area contributed by atoms with Gasteiger partial charge >= 0.3 is 0 Å². The zero-order chi connectivity index (χ0) is 36.5. The van der Waals surface area contributed by atoms with Crippen LogP contribution in [0.1, 0.15) is 58.2 Å². The number of aryl methyl sites for hydroxylation is 1. The Hall–Kier alpha value is -3.30. The molecule has 3 heterocycles. The van der Waals surface area contributed by atoms with Gasteiger partial charge in [0.25, 0.3) is 0 Å². The summed E-state index contributed by atoms with van der Waals surface area (Å²) in [6, 6.07) is 5.10. The highest BCUT2D eigenvalue weighted by Crippen LogP contribution is 2.42. The topological polar surface area (TPSA) is 272 Å². The summed E-state index contributed by atoms with van der Waals surface area (Å²) in [5.74, 6) is -2.42. The van der Waals surface area contributed by atoms with E-state index in [0.29, 0.717) is 5.56 Å². The van der Waals surface area contributed by atoms with E-state index >= 15 is 0 Å². The Bertz CT molecular complexity index is 1630. The van der Waals surface area contributed by atoms with Gasteiger partial charge in [0.1, 0.15) is 72.2 Å². The van der Waals surface area contributed by atoms with E-state index in [-0.39, 0.29) is 33.8 Å². The minimum atomic E-state index is -1.83. The van der Waals surface area contributed by atoms with Crippen molar-refractivity contribution < 1.29 is 84.0 Å². The van der Waals surface area contributed by atoms with E-state index in [1.165, 1.54) is 39.0 Å². The highest BCUT2D eigenvalue weighted by Gasteiger charge is 2.47. The molecule has 17 nitrogen and oxygen atoms in total. The van der Waals surface area contributed by atoms with E-state index in [1.807, 2.05) is 0 Å². The maximum Gasteiger partial charge on any atom is 0.229 e. The molecule has 0 amide bonds. The summed E-state index contributed by atoms with van der Waals surface area (Å²) < 4.78 is 34.3. The first-order chi connectivity index (χ1) is 23.5. The fourth-order valence-corrected chi connectivity index (χ4v) is 6.41. The lowest BCUT2D eigenvalue weighted by Gasteiger charge is -2.40. The predicted octanol–water partition coefficient (Wildman–Crippen LogP) is -2.61. The van der Waals surface area contributed by atoms with Gasteiger partial charge in [0.2, 0.25) is 24.7 Å². The number of hydrogen-bond donors (Lipinski definition) is 9. The largest absolute Gasteiger partial charge is 0.462 e. The molecule has 0 spiro atoms. The van der Waals surface area contributed by atoms with E-state index in [4.69, 9.17) is 28.4 Å². The van der Waals surface area contributed by atoms with Crippen molar-refractivity contribution in [3.05, 3.63) is 52.1 Å². The Kier molecular flexibility index (Phi) is 9.98. The van der Waals surface area contributed by atoms with Crippen molar-refractivity contribution in [1.29, 1.82) is 0 Å². The lowest BCUT2D eigenvalue weighted by Crippen LogP contribution is -2.58. The second-order valence-corrected chi connectivity index (χ2v) is 13.1. The van der Waals surface area contributed by atoms with Crippen molar-refractivity contribution in [2.24, 2.45) is 0 Å². The SMILES string of the molecule is Cc1cc(OC2OC(C)C(O)C(O)C2O)c2c(c1)C(=O)c1cc(OC3OC(C)C(O)C(O)C3O)cc(OC3OC(C)C(O)C(O)C3O)c1C2=O. The Morgan fingerprint density at radius 1 is 0.480 bits per heavy atom. The highest BCUT2D eigenvalue weighted by atomic mass is 16.7. The van der Waals surface area contributed by atoms with Crippen LogP contribution in [0.4, 0.5) is 0 Å². The van der Waals surface area contributed by atoms with Gasteiger partial charge in [-0.05, 0) is 51.5 Å². The Morgan fingerprint density at radius 2 is 0.860 bits per heavy atom. The van der Waals surface area contributed by atoms with Crippen LogP contribution in [0.5, 0.6) is 17.2 Å². The van der Waals surface area contributed by atoms with E-state index in [1.54, 1.807) is 6.92 Å². The summed E-state index contributed by atoms with van der Waals surface area (Å²) in [6.07, 6.45) is -22.5. The molecular formula is C33H40O17. The molecule has 15 atom stereocenters. The van der Waals surface area contributed by atoms with Crippen molar-refractivity contribution in [2.45, 2.75) is 120 Å². The number of hydrogen-bond acceptors (Lipinski definition) is 17. The molecule has 0 bridgehead atoms. The Balaban J connectivity index is 1.43. The minimum Gasteiger partial charge on any atom is -0.462 e.